The molecule has 0 amide bonds. The first-order chi connectivity index (χ1) is 21.3. The first-order valence-corrected chi connectivity index (χ1v) is 19.9. The van der Waals surface area contributed by atoms with E-state index >= 15 is 0 Å². The fraction of sp³-hybridized carbons (Fsp3) is 0.950. The number of hydroxylamine groups is 5. The lowest BCUT2D eigenvalue weighted by Gasteiger charge is -2.33. The van der Waals surface area contributed by atoms with Gasteiger partial charge in [0.15, 0.2) is 0 Å². The molecular formula is C40H84N2O2. The Morgan fingerprint density at radius 1 is 0.455 bits per heavy atom. The molecule has 0 bridgehead atoms. The molecule has 0 saturated heterocycles. The molecule has 0 rings (SSSR count). The second kappa shape index (κ2) is 38.8. The van der Waals surface area contributed by atoms with E-state index in [1.165, 1.54) is 191 Å². The maximum Gasteiger partial charge on any atom is 0.0779 e. The summed E-state index contributed by atoms with van der Waals surface area (Å²) in [5.74, 6) is 0. The highest BCUT2D eigenvalue weighted by Crippen LogP contribution is 2.14. The van der Waals surface area contributed by atoms with E-state index in [0.717, 1.165) is 25.9 Å². The van der Waals surface area contributed by atoms with E-state index in [4.69, 9.17) is 5.21 Å². The van der Waals surface area contributed by atoms with Crippen molar-refractivity contribution in [3.8, 4) is 0 Å². The molecule has 0 radical (unpaired) electrons. The summed E-state index contributed by atoms with van der Waals surface area (Å²) >= 11 is 0. The molecular weight excluding hydrogens is 540 g/mol. The number of hydrogen-bond donors (Lipinski definition) is 1. The van der Waals surface area contributed by atoms with Gasteiger partial charge in [-0.3, -0.25) is 0 Å². The van der Waals surface area contributed by atoms with Gasteiger partial charge in [-0.25, -0.2) is 0 Å². The van der Waals surface area contributed by atoms with Gasteiger partial charge >= 0.3 is 0 Å². The Balaban J connectivity index is 0. The molecule has 0 aromatic rings. The minimum absolute atomic E-state index is 0.136. The van der Waals surface area contributed by atoms with Gasteiger partial charge in [-0.05, 0) is 44.9 Å². The summed E-state index contributed by atoms with van der Waals surface area (Å²) in [6.07, 6.45) is 47.1. The first kappa shape index (κ1) is 45.7. The minimum atomic E-state index is -0.136. The first-order valence-electron chi connectivity index (χ1n) is 19.9. The van der Waals surface area contributed by atoms with E-state index in [0.29, 0.717) is 0 Å². The standard InChI is InChI=1S/C20H41NO.C20H43NO/c1-4-5-6-7-8-9-10-11-12-13-14-15-16-17-18-19-20-21(2,3)22;1-3-4-5-6-7-8-9-10-11-12-13-14-15-16-17-18-19-20-21(2)22/h11-12H,4-10,13-20H2,1-3H3;22H,3-20H2,1-2H3/b12-11-;. The van der Waals surface area contributed by atoms with Crippen LogP contribution in [0.3, 0.4) is 0 Å². The number of unbranched alkanes of at least 4 members (excludes halogenated alkanes) is 28. The average Bonchev–Trinajstić information content (AvgIpc) is 2.98. The summed E-state index contributed by atoms with van der Waals surface area (Å²) in [5.41, 5.74) is 0. The Labute approximate surface area is 279 Å². The highest BCUT2D eigenvalue weighted by Gasteiger charge is 2.00. The highest BCUT2D eigenvalue weighted by atomic mass is 16.5. The van der Waals surface area contributed by atoms with Crippen LogP contribution in [-0.4, -0.2) is 49.1 Å². The van der Waals surface area contributed by atoms with Crippen molar-refractivity contribution < 1.29 is 9.85 Å². The van der Waals surface area contributed by atoms with Crippen LogP contribution in [0.15, 0.2) is 12.2 Å². The maximum atomic E-state index is 11.4. The van der Waals surface area contributed by atoms with Gasteiger partial charge < -0.3 is 15.1 Å². The summed E-state index contributed by atoms with van der Waals surface area (Å²) in [4.78, 5) is 0. The van der Waals surface area contributed by atoms with Crippen molar-refractivity contribution in [2.45, 2.75) is 213 Å². The quantitative estimate of drug-likeness (QED) is 0.0335. The SMILES string of the molecule is CCCCCCCC/C=C\CCCCCCCC[N+](C)(C)[O-].CCCCCCCCCCCCCCCCCCCN(C)O. The van der Waals surface area contributed by atoms with E-state index in [-0.39, 0.29) is 4.65 Å². The fourth-order valence-electron chi connectivity index (χ4n) is 5.81. The molecule has 44 heavy (non-hydrogen) atoms. The lowest BCUT2D eigenvalue weighted by Crippen LogP contribution is -2.32. The molecule has 4 heteroatoms. The van der Waals surface area contributed by atoms with Crippen LogP contribution in [0.1, 0.15) is 213 Å². The summed E-state index contributed by atoms with van der Waals surface area (Å²) in [6.45, 7) is 6.14. The van der Waals surface area contributed by atoms with Gasteiger partial charge in [0.1, 0.15) is 0 Å². The summed E-state index contributed by atoms with van der Waals surface area (Å²) < 4.78 is -0.136. The van der Waals surface area contributed by atoms with Crippen LogP contribution in [0.4, 0.5) is 0 Å². The van der Waals surface area contributed by atoms with Crippen LogP contribution in [0, 0.1) is 5.21 Å². The largest absolute Gasteiger partial charge is 0.633 e. The number of hydrogen-bond acceptors (Lipinski definition) is 3. The van der Waals surface area contributed by atoms with Crippen molar-refractivity contribution in [3.05, 3.63) is 17.4 Å². The van der Waals surface area contributed by atoms with Crippen LogP contribution in [-0.2, 0) is 0 Å². The lowest BCUT2D eigenvalue weighted by molar-refractivity contribution is -0.840. The van der Waals surface area contributed by atoms with Gasteiger partial charge in [-0.1, -0.05) is 180 Å². The number of allylic oxidation sites excluding steroid dienone is 2. The molecule has 0 saturated carbocycles. The maximum absolute atomic E-state index is 11.4. The smallest absolute Gasteiger partial charge is 0.0779 e. The zero-order valence-corrected chi connectivity index (χ0v) is 31.2. The summed E-state index contributed by atoms with van der Waals surface area (Å²) in [6, 6.07) is 0. The van der Waals surface area contributed by atoms with Gasteiger partial charge in [0, 0.05) is 13.6 Å². The molecule has 4 nitrogen and oxygen atoms in total. The number of quaternary nitrogens is 1. The molecule has 0 fully saturated rings. The van der Waals surface area contributed by atoms with Crippen molar-refractivity contribution in [2.75, 3.05) is 34.2 Å². The third kappa shape index (κ3) is 48.5. The van der Waals surface area contributed by atoms with E-state index in [1.807, 2.05) is 0 Å². The lowest BCUT2D eigenvalue weighted by atomic mass is 10.0. The van der Waals surface area contributed by atoms with Crippen molar-refractivity contribution in [3.63, 3.8) is 0 Å². The topological polar surface area (TPSA) is 46.5 Å². The van der Waals surface area contributed by atoms with E-state index < -0.39 is 0 Å². The Bertz CT molecular complexity index is 530. The Morgan fingerprint density at radius 2 is 0.727 bits per heavy atom. The average molecular weight is 625 g/mol. The Morgan fingerprint density at radius 3 is 1.02 bits per heavy atom. The number of rotatable bonds is 34. The van der Waals surface area contributed by atoms with Crippen molar-refractivity contribution >= 4 is 0 Å². The fourth-order valence-corrected chi connectivity index (χ4v) is 5.81. The molecule has 266 valence electrons. The molecule has 0 heterocycles. The normalized spacial score (nSPS) is 11.9. The second-order valence-electron chi connectivity index (χ2n) is 14.3. The molecule has 0 aromatic carbocycles. The zero-order chi connectivity index (χ0) is 32.8. The second-order valence-corrected chi connectivity index (χ2v) is 14.3. The third-order valence-corrected chi connectivity index (χ3v) is 8.79. The van der Waals surface area contributed by atoms with Gasteiger partial charge in [-0.2, -0.15) is 5.06 Å². The molecule has 0 unspecified atom stereocenters. The summed E-state index contributed by atoms with van der Waals surface area (Å²) in [5, 5.41) is 21.7. The van der Waals surface area contributed by atoms with Crippen LogP contribution in [0.2, 0.25) is 0 Å². The van der Waals surface area contributed by atoms with Gasteiger partial charge in [-0.15, -0.1) is 0 Å². The van der Waals surface area contributed by atoms with Crippen molar-refractivity contribution in [1.29, 1.82) is 0 Å². The van der Waals surface area contributed by atoms with Crippen LogP contribution < -0.4 is 0 Å². The van der Waals surface area contributed by atoms with Crippen LogP contribution in [0.5, 0.6) is 0 Å². The van der Waals surface area contributed by atoms with Crippen molar-refractivity contribution in [1.82, 2.24) is 5.06 Å². The highest BCUT2D eigenvalue weighted by molar-refractivity contribution is 4.81. The summed E-state index contributed by atoms with van der Waals surface area (Å²) in [7, 11) is 5.20. The predicted octanol–water partition coefficient (Wildman–Crippen LogP) is 13.6. The molecule has 0 aromatic heterocycles. The minimum Gasteiger partial charge on any atom is -0.633 e. The van der Waals surface area contributed by atoms with E-state index in [9.17, 15) is 5.21 Å². The molecule has 0 aliphatic rings. The number of nitrogens with zero attached hydrogens (tertiary/aromatic N) is 2. The molecule has 0 aliphatic heterocycles. The van der Waals surface area contributed by atoms with Gasteiger partial charge in [0.2, 0.25) is 0 Å². The molecule has 0 aliphatic carbocycles. The van der Waals surface area contributed by atoms with E-state index in [2.05, 4.69) is 26.0 Å². The molecule has 1 N–H and O–H groups in total. The third-order valence-electron chi connectivity index (χ3n) is 8.79. The van der Waals surface area contributed by atoms with Crippen molar-refractivity contribution in [2.24, 2.45) is 0 Å². The zero-order valence-electron chi connectivity index (χ0n) is 31.2. The van der Waals surface area contributed by atoms with E-state index in [1.54, 1.807) is 21.1 Å². The Hall–Kier alpha value is -0.420. The Kier molecular flexibility index (Phi) is 40.3. The van der Waals surface area contributed by atoms with Gasteiger partial charge in [0.25, 0.3) is 0 Å². The molecule has 0 atom stereocenters. The predicted molar refractivity (Wildman–Crippen MR) is 198 cm³/mol. The monoisotopic (exact) mass is 625 g/mol. The molecule has 0 spiro atoms. The van der Waals surface area contributed by atoms with Gasteiger partial charge in [0.05, 0.1) is 20.6 Å². The van der Waals surface area contributed by atoms with Crippen LogP contribution in [0.25, 0.3) is 0 Å². The van der Waals surface area contributed by atoms with Crippen LogP contribution >= 0.6 is 0 Å².